The van der Waals surface area contributed by atoms with Crippen molar-refractivity contribution in [2.45, 2.75) is 17.3 Å². The van der Waals surface area contributed by atoms with Crippen molar-refractivity contribution in [3.63, 3.8) is 0 Å². The zero-order valence-electron chi connectivity index (χ0n) is 16.3. The van der Waals surface area contributed by atoms with Crippen LogP contribution in [0.15, 0.2) is 41.6 Å². The SMILES string of the molecule is COc1ccc(-c2nnc(SC(C)C(=O)Nc3cc(Cl)ccc3Cl)n2N)cc1OC. The average molecular weight is 468 g/mol. The number of carbonyl (C=O) groups excluding carboxylic acids is 1. The first kappa shape index (κ1) is 22.1. The smallest absolute Gasteiger partial charge is 0.237 e. The third-order valence-corrected chi connectivity index (χ3v) is 5.77. The molecule has 3 N–H and O–H groups in total. The predicted molar refractivity (Wildman–Crippen MR) is 119 cm³/mol. The number of anilines is 1. The molecule has 0 aliphatic rings. The minimum Gasteiger partial charge on any atom is -0.493 e. The van der Waals surface area contributed by atoms with Crippen LogP contribution in [-0.4, -0.2) is 40.3 Å². The number of aromatic nitrogens is 3. The Kier molecular flexibility index (Phi) is 6.96. The maximum atomic E-state index is 12.6. The maximum absolute atomic E-state index is 12.6. The van der Waals surface area contributed by atoms with Crippen LogP contribution in [0.5, 0.6) is 11.5 Å². The highest BCUT2D eigenvalue weighted by Crippen LogP contribution is 2.33. The van der Waals surface area contributed by atoms with Crippen LogP contribution in [0.4, 0.5) is 5.69 Å². The summed E-state index contributed by atoms with van der Waals surface area (Å²) in [5.74, 6) is 7.44. The van der Waals surface area contributed by atoms with E-state index in [1.165, 1.54) is 4.68 Å². The lowest BCUT2D eigenvalue weighted by Gasteiger charge is -2.13. The van der Waals surface area contributed by atoms with E-state index in [-0.39, 0.29) is 5.91 Å². The van der Waals surface area contributed by atoms with Crippen LogP contribution < -0.4 is 20.6 Å². The second-order valence-electron chi connectivity index (χ2n) is 6.12. The van der Waals surface area contributed by atoms with Crippen molar-refractivity contribution in [1.82, 2.24) is 14.9 Å². The van der Waals surface area contributed by atoms with Gasteiger partial charge < -0.3 is 20.6 Å². The number of amides is 1. The molecule has 0 aliphatic carbocycles. The Hall–Kier alpha value is -2.62. The number of benzene rings is 2. The molecule has 0 bridgehead atoms. The van der Waals surface area contributed by atoms with Crippen LogP contribution in [0, 0.1) is 0 Å². The Balaban J connectivity index is 1.76. The van der Waals surface area contributed by atoms with Gasteiger partial charge in [0.1, 0.15) is 0 Å². The van der Waals surface area contributed by atoms with E-state index in [1.54, 1.807) is 57.5 Å². The molecule has 3 aromatic rings. The molecule has 2 aromatic carbocycles. The van der Waals surface area contributed by atoms with E-state index in [4.69, 9.17) is 38.5 Å². The molecule has 8 nitrogen and oxygen atoms in total. The second kappa shape index (κ2) is 9.46. The summed E-state index contributed by atoms with van der Waals surface area (Å²) in [5, 5.41) is 11.7. The van der Waals surface area contributed by atoms with E-state index in [2.05, 4.69) is 15.5 Å². The largest absolute Gasteiger partial charge is 0.493 e. The molecule has 11 heteroatoms. The average Bonchev–Trinajstić information content (AvgIpc) is 3.10. The Bertz CT molecular complexity index is 1080. The Morgan fingerprint density at radius 3 is 2.57 bits per heavy atom. The van der Waals surface area contributed by atoms with E-state index in [0.29, 0.717) is 43.8 Å². The topological polar surface area (TPSA) is 104 Å². The first-order valence-corrected chi connectivity index (χ1v) is 10.3. The van der Waals surface area contributed by atoms with Crippen molar-refractivity contribution in [3.05, 3.63) is 46.4 Å². The molecular weight excluding hydrogens is 449 g/mol. The number of nitrogens with zero attached hydrogens (tertiary/aromatic N) is 3. The molecule has 0 spiro atoms. The normalized spacial score (nSPS) is 11.8. The molecule has 3 rings (SSSR count). The van der Waals surface area contributed by atoms with E-state index in [9.17, 15) is 4.79 Å². The van der Waals surface area contributed by atoms with Crippen molar-refractivity contribution in [3.8, 4) is 22.9 Å². The highest BCUT2D eigenvalue weighted by Gasteiger charge is 2.21. The number of nitrogens with two attached hydrogens (primary N) is 1. The quantitative estimate of drug-likeness (QED) is 0.397. The number of ether oxygens (including phenoxy) is 2. The van der Waals surface area contributed by atoms with E-state index in [1.807, 2.05) is 0 Å². The molecule has 1 atom stereocenters. The number of methoxy groups -OCH3 is 2. The predicted octanol–water partition coefficient (Wildman–Crippen LogP) is 4.10. The van der Waals surface area contributed by atoms with Gasteiger partial charge in [-0.05, 0) is 43.3 Å². The summed E-state index contributed by atoms with van der Waals surface area (Å²) in [6.07, 6.45) is 0. The minimum absolute atomic E-state index is 0.278. The number of thioether (sulfide) groups is 1. The summed E-state index contributed by atoms with van der Waals surface area (Å²) in [4.78, 5) is 12.6. The third kappa shape index (κ3) is 4.75. The number of nitrogen functional groups attached to an aromatic ring is 1. The lowest BCUT2D eigenvalue weighted by Crippen LogP contribution is -2.23. The van der Waals surface area contributed by atoms with Gasteiger partial charge in [0, 0.05) is 10.6 Å². The molecule has 0 aliphatic heterocycles. The van der Waals surface area contributed by atoms with Crippen molar-refractivity contribution in [2.24, 2.45) is 0 Å². The van der Waals surface area contributed by atoms with Gasteiger partial charge in [0.15, 0.2) is 17.3 Å². The molecular formula is C19H19Cl2N5O3S. The second-order valence-corrected chi connectivity index (χ2v) is 8.27. The molecule has 1 unspecified atom stereocenters. The van der Waals surface area contributed by atoms with E-state index in [0.717, 1.165) is 11.8 Å². The van der Waals surface area contributed by atoms with Gasteiger partial charge >= 0.3 is 0 Å². The van der Waals surface area contributed by atoms with Gasteiger partial charge in [-0.2, -0.15) is 0 Å². The molecule has 158 valence electrons. The van der Waals surface area contributed by atoms with Gasteiger partial charge in [-0.1, -0.05) is 35.0 Å². The fourth-order valence-corrected chi connectivity index (χ4v) is 3.68. The van der Waals surface area contributed by atoms with Crippen LogP contribution in [0.3, 0.4) is 0 Å². The van der Waals surface area contributed by atoms with Gasteiger partial charge in [-0.3, -0.25) is 4.79 Å². The lowest BCUT2D eigenvalue weighted by atomic mass is 10.2. The third-order valence-electron chi connectivity index (χ3n) is 4.14. The number of rotatable bonds is 7. The summed E-state index contributed by atoms with van der Waals surface area (Å²) >= 11 is 13.2. The van der Waals surface area contributed by atoms with Crippen molar-refractivity contribution < 1.29 is 14.3 Å². The maximum Gasteiger partial charge on any atom is 0.237 e. The first-order valence-electron chi connectivity index (χ1n) is 8.69. The molecule has 0 saturated carbocycles. The van der Waals surface area contributed by atoms with Gasteiger partial charge in [0.2, 0.25) is 11.1 Å². The molecule has 1 amide bonds. The molecule has 1 heterocycles. The summed E-state index contributed by atoms with van der Waals surface area (Å²) in [6.45, 7) is 1.73. The summed E-state index contributed by atoms with van der Waals surface area (Å²) in [5.41, 5.74) is 1.12. The molecule has 0 radical (unpaired) electrons. The number of carbonyl (C=O) groups is 1. The molecule has 30 heavy (non-hydrogen) atoms. The standard InChI is InChI=1S/C19H19Cl2N5O3S/c1-10(18(27)23-14-9-12(20)5-6-13(14)21)30-19-25-24-17(26(19)22)11-4-7-15(28-2)16(8-11)29-3/h4-10H,22H2,1-3H3,(H,23,27). The summed E-state index contributed by atoms with van der Waals surface area (Å²) < 4.78 is 11.9. The Morgan fingerprint density at radius 1 is 1.13 bits per heavy atom. The first-order chi connectivity index (χ1) is 14.3. The number of hydrogen-bond donors (Lipinski definition) is 2. The molecule has 1 aromatic heterocycles. The van der Waals surface area contributed by atoms with Crippen molar-refractivity contribution in [1.29, 1.82) is 0 Å². The summed E-state index contributed by atoms with van der Waals surface area (Å²) in [6, 6.07) is 10.1. The van der Waals surface area contributed by atoms with Crippen LogP contribution >= 0.6 is 35.0 Å². The molecule has 0 fully saturated rings. The molecule has 0 saturated heterocycles. The lowest BCUT2D eigenvalue weighted by molar-refractivity contribution is -0.115. The highest BCUT2D eigenvalue weighted by atomic mass is 35.5. The minimum atomic E-state index is -0.523. The fourth-order valence-electron chi connectivity index (χ4n) is 2.57. The van der Waals surface area contributed by atoms with Gasteiger partial charge in [0.25, 0.3) is 0 Å². The summed E-state index contributed by atoms with van der Waals surface area (Å²) in [7, 11) is 3.10. The fraction of sp³-hybridized carbons (Fsp3) is 0.211. The highest BCUT2D eigenvalue weighted by molar-refractivity contribution is 8.00. The zero-order valence-corrected chi connectivity index (χ0v) is 18.7. The van der Waals surface area contributed by atoms with Gasteiger partial charge in [-0.15, -0.1) is 10.2 Å². The van der Waals surface area contributed by atoms with Crippen LogP contribution in [0.25, 0.3) is 11.4 Å². The number of halogens is 2. The number of nitrogens with one attached hydrogen (secondary N) is 1. The Labute approximate surface area is 187 Å². The number of hydrogen-bond acceptors (Lipinski definition) is 7. The van der Waals surface area contributed by atoms with E-state index >= 15 is 0 Å². The van der Waals surface area contributed by atoms with Gasteiger partial charge in [0.05, 0.1) is 30.2 Å². The van der Waals surface area contributed by atoms with Crippen LogP contribution in [-0.2, 0) is 4.79 Å². The van der Waals surface area contributed by atoms with E-state index < -0.39 is 5.25 Å². The van der Waals surface area contributed by atoms with Crippen molar-refractivity contribution >= 4 is 46.6 Å². The Morgan fingerprint density at radius 2 is 1.87 bits per heavy atom. The van der Waals surface area contributed by atoms with Crippen LogP contribution in [0.2, 0.25) is 10.0 Å². The van der Waals surface area contributed by atoms with Gasteiger partial charge in [-0.25, -0.2) is 4.68 Å². The monoisotopic (exact) mass is 467 g/mol. The van der Waals surface area contributed by atoms with Crippen LogP contribution in [0.1, 0.15) is 6.92 Å². The van der Waals surface area contributed by atoms with Crippen molar-refractivity contribution in [2.75, 3.05) is 25.4 Å². The zero-order chi connectivity index (χ0) is 21.8.